The van der Waals surface area contributed by atoms with Crippen molar-refractivity contribution in [3.05, 3.63) is 59.7 Å². The normalized spacial score (nSPS) is 12.7. The van der Waals surface area contributed by atoms with Gasteiger partial charge < -0.3 is 0 Å². The van der Waals surface area contributed by atoms with Crippen molar-refractivity contribution in [2.75, 3.05) is 0 Å². The van der Waals surface area contributed by atoms with Gasteiger partial charge >= 0.3 is 0 Å². The van der Waals surface area contributed by atoms with Gasteiger partial charge in [-0.2, -0.15) is 27.1 Å². The smallest absolute Gasteiger partial charge is 0.282 e. The minimum atomic E-state index is -4.72. The summed E-state index contributed by atoms with van der Waals surface area (Å²) in [6.45, 7) is 3.84. The number of azo groups is 1. The minimum absolute atomic E-state index is 0.0837. The van der Waals surface area contributed by atoms with E-state index in [0.29, 0.717) is 17.4 Å². The third-order valence-electron chi connectivity index (χ3n) is 4.07. The molecule has 0 fully saturated rings. The highest BCUT2D eigenvalue weighted by Gasteiger charge is 2.20. The van der Waals surface area contributed by atoms with E-state index in [1.165, 1.54) is 18.2 Å². The van der Waals surface area contributed by atoms with Crippen LogP contribution in [0.1, 0.15) is 11.1 Å². The first-order chi connectivity index (χ1) is 12.9. The summed E-state index contributed by atoms with van der Waals surface area (Å²) in [4.78, 5) is -1.29. The highest BCUT2D eigenvalue weighted by atomic mass is 32.2. The van der Waals surface area contributed by atoms with Crippen molar-refractivity contribution in [3.63, 3.8) is 0 Å². The summed E-state index contributed by atoms with van der Waals surface area (Å²) in [5, 5.41) is 8.49. The molecule has 0 atom stereocenters. The van der Waals surface area contributed by atoms with Crippen molar-refractivity contribution in [1.29, 1.82) is 0 Å². The van der Waals surface area contributed by atoms with Gasteiger partial charge in [0, 0.05) is 5.39 Å². The molecule has 28 heavy (non-hydrogen) atoms. The molecule has 0 heterocycles. The van der Waals surface area contributed by atoms with E-state index in [1.54, 1.807) is 0 Å². The lowest BCUT2D eigenvalue weighted by Gasteiger charge is -2.07. The molecule has 10 heteroatoms. The van der Waals surface area contributed by atoms with Gasteiger partial charge in [0.1, 0.15) is 4.90 Å². The largest absolute Gasteiger partial charge is 0.295 e. The number of nitrogens with zero attached hydrogens (tertiary/aromatic N) is 2. The van der Waals surface area contributed by atoms with Gasteiger partial charge in [-0.05, 0) is 55.1 Å². The highest BCUT2D eigenvalue weighted by molar-refractivity contribution is 7.86. The molecular formula is C18H16N2O6S2. The van der Waals surface area contributed by atoms with E-state index >= 15 is 0 Å². The van der Waals surface area contributed by atoms with Gasteiger partial charge in [0.15, 0.2) is 0 Å². The van der Waals surface area contributed by atoms with E-state index in [9.17, 15) is 25.9 Å². The number of aryl methyl sites for hydroxylation is 2. The molecule has 3 aromatic carbocycles. The van der Waals surface area contributed by atoms with Gasteiger partial charge in [-0.25, -0.2) is 0 Å². The summed E-state index contributed by atoms with van der Waals surface area (Å²) in [6.07, 6.45) is 0. The molecule has 3 rings (SSSR count). The fourth-order valence-corrected chi connectivity index (χ4v) is 4.11. The van der Waals surface area contributed by atoms with E-state index in [4.69, 9.17) is 0 Å². The van der Waals surface area contributed by atoms with Gasteiger partial charge in [0.05, 0.1) is 16.3 Å². The molecular weight excluding hydrogens is 404 g/mol. The molecule has 0 spiro atoms. The Morgan fingerprint density at radius 1 is 0.786 bits per heavy atom. The topological polar surface area (TPSA) is 133 Å². The summed E-state index contributed by atoms with van der Waals surface area (Å²) >= 11 is 0. The molecule has 0 aliphatic heterocycles. The van der Waals surface area contributed by atoms with Gasteiger partial charge in [0.25, 0.3) is 20.2 Å². The molecule has 146 valence electrons. The monoisotopic (exact) mass is 420 g/mol. The third kappa shape index (κ3) is 4.25. The Hall–Kier alpha value is -2.66. The molecule has 0 saturated heterocycles. The molecule has 0 bridgehead atoms. The molecule has 0 aromatic heterocycles. The van der Waals surface area contributed by atoms with Crippen LogP contribution in [0.2, 0.25) is 0 Å². The fraction of sp³-hybridized carbons (Fsp3) is 0.111. The summed E-state index contributed by atoms with van der Waals surface area (Å²) in [6, 6.07) is 11.7. The quantitative estimate of drug-likeness (QED) is 0.476. The summed E-state index contributed by atoms with van der Waals surface area (Å²) in [5.74, 6) is 0. The summed E-state index contributed by atoms with van der Waals surface area (Å²) in [5.41, 5.74) is 2.99. The van der Waals surface area contributed by atoms with E-state index in [0.717, 1.165) is 17.2 Å². The van der Waals surface area contributed by atoms with Gasteiger partial charge in [-0.1, -0.05) is 23.8 Å². The molecule has 2 N–H and O–H groups in total. The van der Waals surface area contributed by atoms with Crippen LogP contribution in [0.5, 0.6) is 0 Å². The predicted octanol–water partition coefficient (Wildman–Crippen LogP) is 4.37. The zero-order valence-corrected chi connectivity index (χ0v) is 16.5. The number of benzene rings is 3. The molecule has 8 nitrogen and oxygen atoms in total. The van der Waals surface area contributed by atoms with Crippen LogP contribution >= 0.6 is 0 Å². The average Bonchev–Trinajstić information content (AvgIpc) is 2.58. The molecule has 0 amide bonds. The Morgan fingerprint density at radius 2 is 1.50 bits per heavy atom. The zero-order chi connectivity index (χ0) is 20.7. The van der Waals surface area contributed by atoms with Crippen LogP contribution < -0.4 is 0 Å². The first kappa shape index (κ1) is 20.1. The number of hydrogen-bond donors (Lipinski definition) is 2. The minimum Gasteiger partial charge on any atom is -0.282 e. The maximum Gasteiger partial charge on any atom is 0.295 e. The Morgan fingerprint density at radius 3 is 2.11 bits per heavy atom. The number of hydrogen-bond acceptors (Lipinski definition) is 6. The Balaban J connectivity index is 2.16. The van der Waals surface area contributed by atoms with Crippen LogP contribution in [0.15, 0.2) is 68.6 Å². The second kappa shape index (κ2) is 7.06. The highest BCUT2D eigenvalue weighted by Crippen LogP contribution is 2.31. The number of rotatable bonds is 4. The predicted molar refractivity (Wildman–Crippen MR) is 104 cm³/mol. The molecule has 0 aliphatic rings. The van der Waals surface area contributed by atoms with E-state index < -0.39 is 30.0 Å². The van der Waals surface area contributed by atoms with Crippen molar-refractivity contribution < 1.29 is 25.9 Å². The van der Waals surface area contributed by atoms with Crippen molar-refractivity contribution in [3.8, 4) is 0 Å². The van der Waals surface area contributed by atoms with Crippen LogP contribution in [0.4, 0.5) is 11.4 Å². The molecule has 0 aliphatic carbocycles. The van der Waals surface area contributed by atoms with Crippen molar-refractivity contribution in [2.45, 2.75) is 23.6 Å². The standard InChI is InChI=1S/C18H16N2O6S2/c1-11-3-6-17(12(2)7-11)20-19-14-4-5-16-13(8-14)9-15(27(21,22)23)10-18(16)28(24,25)26/h3-10H,1-2H3,(H,21,22,23)(H,24,25,26). The van der Waals surface area contributed by atoms with Crippen LogP contribution in [-0.2, 0) is 20.2 Å². The van der Waals surface area contributed by atoms with Gasteiger partial charge in [-0.15, -0.1) is 0 Å². The Kier molecular flexibility index (Phi) is 5.06. The lowest BCUT2D eigenvalue weighted by atomic mass is 10.1. The summed E-state index contributed by atoms with van der Waals surface area (Å²) < 4.78 is 64.8. The third-order valence-corrected chi connectivity index (χ3v) is 5.80. The second-order valence-corrected chi connectivity index (χ2v) is 9.08. The van der Waals surface area contributed by atoms with Gasteiger partial charge in [-0.3, -0.25) is 9.11 Å². The maximum absolute atomic E-state index is 11.6. The molecule has 0 radical (unpaired) electrons. The van der Waals surface area contributed by atoms with Crippen LogP contribution in [0.25, 0.3) is 10.8 Å². The fourth-order valence-electron chi connectivity index (χ4n) is 2.75. The van der Waals surface area contributed by atoms with Crippen molar-refractivity contribution >= 4 is 42.4 Å². The summed E-state index contributed by atoms with van der Waals surface area (Å²) in [7, 11) is -9.40. The van der Waals surface area contributed by atoms with Crippen molar-refractivity contribution in [1.82, 2.24) is 0 Å². The molecule has 0 saturated carbocycles. The Labute approximate surface area is 162 Å². The van der Waals surface area contributed by atoms with Gasteiger partial charge in [0.2, 0.25) is 0 Å². The molecule has 0 unspecified atom stereocenters. The zero-order valence-electron chi connectivity index (χ0n) is 14.9. The maximum atomic E-state index is 11.6. The van der Waals surface area contributed by atoms with Crippen molar-refractivity contribution in [2.24, 2.45) is 10.2 Å². The first-order valence-electron chi connectivity index (χ1n) is 7.97. The lowest BCUT2D eigenvalue weighted by molar-refractivity contribution is 0.482. The SMILES string of the molecule is Cc1ccc(N=Nc2ccc3c(S(=O)(=O)O)cc(S(=O)(=O)O)cc3c2)c(C)c1. The lowest BCUT2D eigenvalue weighted by Crippen LogP contribution is -2.04. The average molecular weight is 420 g/mol. The van der Waals surface area contributed by atoms with Crippen LogP contribution in [0.3, 0.4) is 0 Å². The van der Waals surface area contributed by atoms with E-state index in [-0.39, 0.29) is 10.8 Å². The Bertz CT molecular complexity index is 1330. The van der Waals surface area contributed by atoms with Crippen LogP contribution in [0, 0.1) is 13.8 Å². The molecule has 3 aromatic rings. The first-order valence-corrected chi connectivity index (χ1v) is 10.8. The van der Waals surface area contributed by atoms with Crippen LogP contribution in [-0.4, -0.2) is 25.9 Å². The second-order valence-electron chi connectivity index (χ2n) is 6.27. The van der Waals surface area contributed by atoms with E-state index in [1.807, 2.05) is 32.0 Å². The number of fused-ring (bicyclic) bond motifs is 1. The van der Waals surface area contributed by atoms with E-state index in [2.05, 4.69) is 10.2 Å².